The SMILES string of the molecule is CC(Cc1ccccc1)C(=O)Nc1ccc2c(-c3ccncc3)c(-c3ccc(F)cc3)[nH]c2n1. The van der Waals surface area contributed by atoms with E-state index >= 15 is 0 Å². The number of amides is 1. The summed E-state index contributed by atoms with van der Waals surface area (Å²) in [7, 11) is 0. The number of pyridine rings is 2. The Hall–Kier alpha value is -4.32. The largest absolute Gasteiger partial charge is 0.339 e. The third-order valence-corrected chi connectivity index (χ3v) is 5.84. The molecule has 0 fully saturated rings. The van der Waals surface area contributed by atoms with Gasteiger partial charge in [-0.2, -0.15) is 0 Å². The lowest BCUT2D eigenvalue weighted by Gasteiger charge is -2.12. The van der Waals surface area contributed by atoms with Crippen molar-refractivity contribution in [2.45, 2.75) is 13.3 Å². The number of rotatable bonds is 6. The molecule has 0 bridgehead atoms. The van der Waals surface area contributed by atoms with Crippen molar-refractivity contribution in [1.82, 2.24) is 15.0 Å². The molecule has 34 heavy (non-hydrogen) atoms. The summed E-state index contributed by atoms with van der Waals surface area (Å²) in [5.74, 6) is -0.107. The quantitative estimate of drug-likeness (QED) is 0.321. The molecule has 5 nitrogen and oxygen atoms in total. The molecule has 3 aromatic heterocycles. The molecule has 1 unspecified atom stereocenters. The number of anilines is 1. The molecule has 6 heteroatoms. The fourth-order valence-electron chi connectivity index (χ4n) is 4.10. The number of hydrogen-bond acceptors (Lipinski definition) is 3. The van der Waals surface area contributed by atoms with Crippen LogP contribution in [-0.2, 0) is 11.2 Å². The average molecular weight is 451 g/mol. The Bertz CT molecular complexity index is 1430. The maximum absolute atomic E-state index is 13.5. The molecular weight excluding hydrogens is 427 g/mol. The van der Waals surface area contributed by atoms with E-state index < -0.39 is 0 Å². The standard InChI is InChI=1S/C28H23FN4O/c1-18(17-19-5-3-2-4-6-19)28(34)32-24-12-11-23-25(20-13-15-30-16-14-20)26(33-27(23)31-24)21-7-9-22(29)10-8-21/h2-16,18H,17H2,1H3,(H2,31,32,33,34). The monoisotopic (exact) mass is 450 g/mol. The van der Waals surface area contributed by atoms with E-state index in [-0.39, 0.29) is 17.6 Å². The summed E-state index contributed by atoms with van der Waals surface area (Å²) in [6.07, 6.45) is 4.12. The van der Waals surface area contributed by atoms with Crippen LogP contribution in [0.1, 0.15) is 12.5 Å². The average Bonchev–Trinajstić information content (AvgIpc) is 3.24. The van der Waals surface area contributed by atoms with Crippen molar-refractivity contribution in [3.8, 4) is 22.4 Å². The highest BCUT2D eigenvalue weighted by Crippen LogP contribution is 2.38. The first-order chi connectivity index (χ1) is 16.6. The van der Waals surface area contributed by atoms with Crippen molar-refractivity contribution in [2.75, 3.05) is 5.32 Å². The number of benzene rings is 2. The number of nitrogens with zero attached hydrogens (tertiary/aromatic N) is 2. The van der Waals surface area contributed by atoms with Gasteiger partial charge in [0, 0.05) is 29.3 Å². The van der Waals surface area contributed by atoms with Crippen LogP contribution < -0.4 is 5.32 Å². The van der Waals surface area contributed by atoms with Crippen LogP contribution >= 0.6 is 0 Å². The predicted molar refractivity (Wildman–Crippen MR) is 133 cm³/mol. The number of aromatic nitrogens is 3. The predicted octanol–water partition coefficient (Wildman–Crippen LogP) is 6.25. The summed E-state index contributed by atoms with van der Waals surface area (Å²) in [6, 6.07) is 23.9. The number of nitrogens with one attached hydrogen (secondary N) is 2. The zero-order chi connectivity index (χ0) is 23.5. The van der Waals surface area contributed by atoms with Crippen LogP contribution in [0.25, 0.3) is 33.4 Å². The molecule has 168 valence electrons. The third kappa shape index (κ3) is 4.43. The summed E-state index contributed by atoms with van der Waals surface area (Å²) in [4.78, 5) is 25.0. The van der Waals surface area contributed by atoms with Gasteiger partial charge in [-0.05, 0) is 71.6 Å². The number of H-pyrrole nitrogens is 1. The van der Waals surface area contributed by atoms with Gasteiger partial charge in [0.25, 0.3) is 0 Å². The van der Waals surface area contributed by atoms with Crippen LogP contribution in [0.4, 0.5) is 10.2 Å². The van der Waals surface area contributed by atoms with Crippen LogP contribution in [0.5, 0.6) is 0 Å². The summed E-state index contributed by atoms with van der Waals surface area (Å²) in [5.41, 5.74) is 5.34. The highest BCUT2D eigenvalue weighted by molar-refractivity contribution is 6.03. The summed E-state index contributed by atoms with van der Waals surface area (Å²) < 4.78 is 13.5. The zero-order valence-corrected chi connectivity index (χ0v) is 18.6. The Balaban J connectivity index is 1.48. The van der Waals surface area contributed by atoms with E-state index in [2.05, 4.69) is 20.3 Å². The zero-order valence-electron chi connectivity index (χ0n) is 18.6. The molecule has 0 saturated carbocycles. The Morgan fingerprint density at radius 1 is 0.941 bits per heavy atom. The fourth-order valence-corrected chi connectivity index (χ4v) is 4.10. The minimum absolute atomic E-state index is 0.0876. The van der Waals surface area contributed by atoms with Crippen molar-refractivity contribution >= 4 is 22.8 Å². The lowest BCUT2D eigenvalue weighted by atomic mass is 9.99. The van der Waals surface area contributed by atoms with Crippen LogP contribution in [0.15, 0.2) is 91.3 Å². The molecule has 2 aromatic carbocycles. The first-order valence-corrected chi connectivity index (χ1v) is 11.1. The van der Waals surface area contributed by atoms with Gasteiger partial charge in [0.2, 0.25) is 5.91 Å². The van der Waals surface area contributed by atoms with Crippen LogP contribution in [0.2, 0.25) is 0 Å². The Labute approximate surface area is 196 Å². The van der Waals surface area contributed by atoms with Gasteiger partial charge in [-0.3, -0.25) is 9.78 Å². The molecule has 1 amide bonds. The van der Waals surface area contributed by atoms with Crippen molar-refractivity contribution in [3.05, 3.63) is 103 Å². The maximum atomic E-state index is 13.5. The molecular formula is C28H23FN4O. The normalized spacial score (nSPS) is 11.9. The molecule has 3 heterocycles. The topological polar surface area (TPSA) is 70.7 Å². The molecule has 0 aliphatic rings. The van der Waals surface area contributed by atoms with Gasteiger partial charge in [-0.15, -0.1) is 0 Å². The van der Waals surface area contributed by atoms with E-state index in [0.717, 1.165) is 33.3 Å². The smallest absolute Gasteiger partial charge is 0.228 e. The third-order valence-electron chi connectivity index (χ3n) is 5.84. The summed E-state index contributed by atoms with van der Waals surface area (Å²) in [6.45, 7) is 1.91. The lowest BCUT2D eigenvalue weighted by molar-refractivity contribution is -0.119. The molecule has 0 saturated heterocycles. The molecule has 0 radical (unpaired) electrons. The highest BCUT2D eigenvalue weighted by atomic mass is 19.1. The molecule has 5 rings (SSSR count). The number of aromatic amines is 1. The van der Waals surface area contributed by atoms with Gasteiger partial charge in [-0.1, -0.05) is 37.3 Å². The van der Waals surface area contributed by atoms with Gasteiger partial charge >= 0.3 is 0 Å². The van der Waals surface area contributed by atoms with Gasteiger partial charge in [0.1, 0.15) is 17.3 Å². The molecule has 2 N–H and O–H groups in total. The van der Waals surface area contributed by atoms with E-state index in [1.807, 2.05) is 61.5 Å². The minimum Gasteiger partial charge on any atom is -0.339 e. The van der Waals surface area contributed by atoms with Crippen molar-refractivity contribution in [2.24, 2.45) is 5.92 Å². The van der Waals surface area contributed by atoms with E-state index in [1.165, 1.54) is 12.1 Å². The second-order valence-electron chi connectivity index (χ2n) is 8.29. The summed E-state index contributed by atoms with van der Waals surface area (Å²) in [5, 5.41) is 3.84. The first-order valence-electron chi connectivity index (χ1n) is 11.1. The highest BCUT2D eigenvalue weighted by Gasteiger charge is 2.18. The van der Waals surface area contributed by atoms with Crippen LogP contribution in [0, 0.1) is 11.7 Å². The van der Waals surface area contributed by atoms with E-state index in [9.17, 15) is 9.18 Å². The van der Waals surface area contributed by atoms with Crippen molar-refractivity contribution in [3.63, 3.8) is 0 Å². The maximum Gasteiger partial charge on any atom is 0.228 e. The number of carbonyl (C=O) groups is 1. The van der Waals surface area contributed by atoms with Crippen LogP contribution in [-0.4, -0.2) is 20.9 Å². The van der Waals surface area contributed by atoms with Crippen LogP contribution in [0.3, 0.4) is 0 Å². The number of halogens is 1. The van der Waals surface area contributed by atoms with Gasteiger partial charge in [0.15, 0.2) is 0 Å². The van der Waals surface area contributed by atoms with E-state index in [1.54, 1.807) is 24.5 Å². The number of hydrogen-bond donors (Lipinski definition) is 2. The second kappa shape index (κ2) is 9.27. The molecule has 1 atom stereocenters. The lowest BCUT2D eigenvalue weighted by Crippen LogP contribution is -2.22. The number of carbonyl (C=O) groups excluding carboxylic acids is 1. The Morgan fingerprint density at radius 2 is 1.68 bits per heavy atom. The molecule has 0 aliphatic heterocycles. The van der Waals surface area contributed by atoms with Crippen molar-refractivity contribution in [1.29, 1.82) is 0 Å². The van der Waals surface area contributed by atoms with Gasteiger partial charge < -0.3 is 10.3 Å². The summed E-state index contributed by atoms with van der Waals surface area (Å²) >= 11 is 0. The van der Waals surface area contributed by atoms with Gasteiger partial charge in [0.05, 0.1) is 5.69 Å². The fraction of sp³-hybridized carbons (Fsp3) is 0.107. The molecule has 5 aromatic rings. The Morgan fingerprint density at radius 3 is 2.41 bits per heavy atom. The first kappa shape index (κ1) is 21.5. The van der Waals surface area contributed by atoms with Crippen molar-refractivity contribution < 1.29 is 9.18 Å². The Kier molecular flexibility index (Phi) is 5.87. The minimum atomic E-state index is -0.293. The molecule has 0 spiro atoms. The molecule has 0 aliphatic carbocycles. The van der Waals surface area contributed by atoms with E-state index in [0.29, 0.717) is 17.9 Å². The number of fused-ring (bicyclic) bond motifs is 1. The van der Waals surface area contributed by atoms with E-state index in [4.69, 9.17) is 0 Å². The second-order valence-corrected chi connectivity index (χ2v) is 8.29. The van der Waals surface area contributed by atoms with Gasteiger partial charge in [-0.25, -0.2) is 9.37 Å².